The van der Waals surface area contributed by atoms with E-state index in [1.54, 1.807) is 0 Å². The van der Waals surface area contributed by atoms with Crippen molar-refractivity contribution in [1.29, 1.82) is 0 Å². The average molecular weight is 372 g/mol. The SMILES string of the molecule is Cc1ccc(NC(=O)C2(CNC(=O)C[C@@H]3CCC[C@H]3N)CCCC2)cc1C. The first-order valence-corrected chi connectivity index (χ1v) is 10.3. The van der Waals surface area contributed by atoms with E-state index in [4.69, 9.17) is 5.73 Å². The Morgan fingerprint density at radius 2 is 1.85 bits per heavy atom. The van der Waals surface area contributed by atoms with Crippen LogP contribution in [0.25, 0.3) is 0 Å². The van der Waals surface area contributed by atoms with E-state index >= 15 is 0 Å². The zero-order valence-corrected chi connectivity index (χ0v) is 16.6. The third-order valence-electron chi connectivity index (χ3n) is 6.60. The highest BCUT2D eigenvalue weighted by molar-refractivity contribution is 5.96. The fraction of sp³-hybridized carbons (Fsp3) is 0.636. The summed E-state index contributed by atoms with van der Waals surface area (Å²) in [7, 11) is 0. The highest BCUT2D eigenvalue weighted by Gasteiger charge is 2.41. The monoisotopic (exact) mass is 371 g/mol. The first-order chi connectivity index (χ1) is 12.9. The highest BCUT2D eigenvalue weighted by Crippen LogP contribution is 2.39. The summed E-state index contributed by atoms with van der Waals surface area (Å²) >= 11 is 0. The molecule has 2 saturated carbocycles. The molecule has 0 unspecified atom stereocenters. The van der Waals surface area contributed by atoms with Crippen LogP contribution in [-0.2, 0) is 9.59 Å². The summed E-state index contributed by atoms with van der Waals surface area (Å²) in [6.45, 7) is 4.53. The molecule has 148 valence electrons. The molecule has 2 amide bonds. The van der Waals surface area contributed by atoms with Crippen molar-refractivity contribution in [2.45, 2.75) is 71.3 Å². The standard InChI is InChI=1S/C22H33N3O2/c1-15-8-9-18(12-16(15)2)25-21(27)22(10-3-4-11-22)14-24-20(26)13-17-6-5-7-19(17)23/h8-9,12,17,19H,3-7,10-11,13-14,23H2,1-2H3,(H,24,26)(H,25,27)/t17-,19+/m0/s1. The van der Waals surface area contributed by atoms with Gasteiger partial charge in [0, 0.05) is 24.7 Å². The minimum absolute atomic E-state index is 0.0288. The Morgan fingerprint density at radius 3 is 2.48 bits per heavy atom. The summed E-state index contributed by atoms with van der Waals surface area (Å²) in [4.78, 5) is 25.5. The highest BCUT2D eigenvalue weighted by atomic mass is 16.2. The lowest BCUT2D eigenvalue weighted by atomic mass is 9.84. The zero-order chi connectivity index (χ0) is 19.4. The molecule has 4 N–H and O–H groups in total. The Kier molecular flexibility index (Phi) is 6.20. The van der Waals surface area contributed by atoms with Crippen LogP contribution < -0.4 is 16.4 Å². The maximum atomic E-state index is 13.1. The molecule has 2 aliphatic carbocycles. The number of nitrogens with one attached hydrogen (secondary N) is 2. The van der Waals surface area contributed by atoms with E-state index in [-0.39, 0.29) is 23.8 Å². The quantitative estimate of drug-likeness (QED) is 0.716. The van der Waals surface area contributed by atoms with Gasteiger partial charge in [0.25, 0.3) is 0 Å². The molecule has 27 heavy (non-hydrogen) atoms. The van der Waals surface area contributed by atoms with Gasteiger partial charge in [0.15, 0.2) is 0 Å². The summed E-state index contributed by atoms with van der Waals surface area (Å²) in [6, 6.07) is 6.13. The van der Waals surface area contributed by atoms with Crippen LogP contribution in [0.4, 0.5) is 5.69 Å². The lowest BCUT2D eigenvalue weighted by Gasteiger charge is -2.28. The van der Waals surface area contributed by atoms with Crippen LogP contribution >= 0.6 is 0 Å². The number of anilines is 1. The Labute approximate surface area is 162 Å². The maximum Gasteiger partial charge on any atom is 0.232 e. The zero-order valence-electron chi connectivity index (χ0n) is 16.6. The van der Waals surface area contributed by atoms with Crippen LogP contribution in [-0.4, -0.2) is 24.4 Å². The molecule has 5 nitrogen and oxygen atoms in total. The lowest BCUT2D eigenvalue weighted by Crippen LogP contribution is -2.44. The van der Waals surface area contributed by atoms with Gasteiger partial charge in [-0.25, -0.2) is 0 Å². The Morgan fingerprint density at radius 1 is 1.11 bits per heavy atom. The van der Waals surface area contributed by atoms with Gasteiger partial charge in [-0.1, -0.05) is 25.3 Å². The first kappa shape index (κ1) is 19.9. The van der Waals surface area contributed by atoms with E-state index in [0.29, 0.717) is 13.0 Å². The molecular weight excluding hydrogens is 338 g/mol. The predicted molar refractivity (Wildman–Crippen MR) is 108 cm³/mol. The van der Waals surface area contributed by atoms with Gasteiger partial charge in [-0.2, -0.15) is 0 Å². The molecule has 1 aromatic carbocycles. The van der Waals surface area contributed by atoms with Gasteiger partial charge in [0.2, 0.25) is 11.8 Å². The molecule has 0 aromatic heterocycles. The van der Waals surface area contributed by atoms with Gasteiger partial charge in [-0.05, 0) is 68.7 Å². The Balaban J connectivity index is 1.60. The summed E-state index contributed by atoms with van der Waals surface area (Å²) in [5.74, 6) is 0.345. The molecule has 2 aliphatic rings. The van der Waals surface area contributed by atoms with Crippen molar-refractivity contribution in [2.75, 3.05) is 11.9 Å². The number of rotatable bonds is 6. The van der Waals surface area contributed by atoms with Crippen molar-refractivity contribution in [3.63, 3.8) is 0 Å². The number of aryl methyl sites for hydroxylation is 2. The van der Waals surface area contributed by atoms with Gasteiger partial charge in [0.05, 0.1) is 5.41 Å². The second-order valence-corrected chi connectivity index (χ2v) is 8.58. The number of carbonyl (C=O) groups is 2. The summed E-state index contributed by atoms with van der Waals surface area (Å²) < 4.78 is 0. The molecule has 2 atom stereocenters. The molecule has 1 aromatic rings. The van der Waals surface area contributed by atoms with E-state index in [1.807, 2.05) is 25.1 Å². The normalized spacial score (nSPS) is 24.0. The molecule has 0 bridgehead atoms. The van der Waals surface area contributed by atoms with Crippen LogP contribution in [0.2, 0.25) is 0 Å². The molecule has 0 saturated heterocycles. The van der Waals surface area contributed by atoms with Crippen molar-refractivity contribution in [3.05, 3.63) is 29.3 Å². The number of hydrogen-bond donors (Lipinski definition) is 3. The van der Waals surface area contributed by atoms with Gasteiger partial charge in [-0.15, -0.1) is 0 Å². The van der Waals surface area contributed by atoms with Gasteiger partial charge >= 0.3 is 0 Å². The molecule has 2 fully saturated rings. The number of hydrogen-bond acceptors (Lipinski definition) is 3. The van der Waals surface area contributed by atoms with E-state index in [9.17, 15) is 9.59 Å². The van der Waals surface area contributed by atoms with Gasteiger partial charge in [0.1, 0.15) is 0 Å². The first-order valence-electron chi connectivity index (χ1n) is 10.3. The van der Waals surface area contributed by atoms with Crippen LogP contribution in [0.3, 0.4) is 0 Å². The molecular formula is C22H33N3O2. The second-order valence-electron chi connectivity index (χ2n) is 8.58. The number of nitrogens with two attached hydrogens (primary N) is 1. The molecule has 3 rings (SSSR count). The second kappa shape index (κ2) is 8.42. The predicted octanol–water partition coefficient (Wildman–Crippen LogP) is 3.44. The largest absolute Gasteiger partial charge is 0.355 e. The third-order valence-corrected chi connectivity index (χ3v) is 6.60. The number of benzene rings is 1. The Bertz CT molecular complexity index is 695. The smallest absolute Gasteiger partial charge is 0.232 e. The van der Waals surface area contributed by atoms with Gasteiger partial charge < -0.3 is 16.4 Å². The molecule has 0 aliphatic heterocycles. The van der Waals surface area contributed by atoms with Crippen LogP contribution in [0.5, 0.6) is 0 Å². The van der Waals surface area contributed by atoms with Crippen LogP contribution in [0, 0.1) is 25.2 Å². The topological polar surface area (TPSA) is 84.2 Å². The van der Waals surface area contributed by atoms with Crippen molar-refractivity contribution >= 4 is 17.5 Å². The summed E-state index contributed by atoms with van der Waals surface area (Å²) in [5.41, 5.74) is 8.79. The van der Waals surface area contributed by atoms with Crippen molar-refractivity contribution < 1.29 is 9.59 Å². The van der Waals surface area contributed by atoms with Crippen molar-refractivity contribution in [2.24, 2.45) is 17.1 Å². The molecule has 0 radical (unpaired) electrons. The van der Waals surface area contributed by atoms with E-state index < -0.39 is 5.41 Å². The minimum Gasteiger partial charge on any atom is -0.355 e. The molecule has 0 spiro atoms. The van der Waals surface area contributed by atoms with E-state index in [0.717, 1.165) is 56.2 Å². The van der Waals surface area contributed by atoms with E-state index in [2.05, 4.69) is 17.6 Å². The number of carbonyl (C=O) groups excluding carboxylic acids is 2. The Hall–Kier alpha value is -1.88. The lowest BCUT2D eigenvalue weighted by molar-refractivity contribution is -0.127. The molecule has 0 heterocycles. The van der Waals surface area contributed by atoms with Crippen LogP contribution in [0.1, 0.15) is 62.5 Å². The third kappa shape index (κ3) is 4.70. The van der Waals surface area contributed by atoms with E-state index in [1.165, 1.54) is 5.56 Å². The van der Waals surface area contributed by atoms with Crippen molar-refractivity contribution in [3.8, 4) is 0 Å². The van der Waals surface area contributed by atoms with Crippen molar-refractivity contribution in [1.82, 2.24) is 5.32 Å². The summed E-state index contributed by atoms with van der Waals surface area (Å²) in [6.07, 6.45) is 7.36. The average Bonchev–Trinajstić information content (AvgIpc) is 3.27. The van der Waals surface area contributed by atoms with Crippen LogP contribution in [0.15, 0.2) is 18.2 Å². The summed E-state index contributed by atoms with van der Waals surface area (Å²) in [5, 5.41) is 6.13. The fourth-order valence-electron chi connectivity index (χ4n) is 4.52. The minimum atomic E-state index is -0.494. The number of amides is 2. The fourth-order valence-corrected chi connectivity index (χ4v) is 4.52. The van der Waals surface area contributed by atoms with Gasteiger partial charge in [-0.3, -0.25) is 9.59 Å². The maximum absolute atomic E-state index is 13.1. The molecule has 5 heteroatoms.